The number of rotatable bonds is 3. The average molecular weight is 262 g/mol. The number of non-ortho nitro benzene ring substituents is 1. The van der Waals surface area contributed by atoms with Gasteiger partial charge in [-0.25, -0.2) is 9.37 Å². The summed E-state index contributed by atoms with van der Waals surface area (Å²) < 4.78 is 13.5. The molecule has 1 aromatic carbocycles. The third kappa shape index (κ3) is 2.86. The third-order valence-electron chi connectivity index (χ3n) is 2.21. The Morgan fingerprint density at radius 3 is 2.79 bits per heavy atom. The van der Waals surface area contributed by atoms with E-state index in [4.69, 9.17) is 0 Å². The molecule has 0 aliphatic heterocycles. The fourth-order valence-corrected chi connectivity index (χ4v) is 1.35. The molecule has 96 valence electrons. The zero-order valence-electron chi connectivity index (χ0n) is 9.41. The maximum Gasteiger partial charge on any atom is 0.270 e. The number of nitrogens with zero attached hydrogens (tertiary/aromatic N) is 3. The zero-order chi connectivity index (χ0) is 13.8. The van der Waals surface area contributed by atoms with Crippen molar-refractivity contribution in [1.82, 2.24) is 9.97 Å². The van der Waals surface area contributed by atoms with Crippen LogP contribution in [0.25, 0.3) is 0 Å². The maximum absolute atomic E-state index is 13.5. The van der Waals surface area contributed by atoms with E-state index in [0.717, 1.165) is 18.2 Å². The third-order valence-corrected chi connectivity index (χ3v) is 2.21. The lowest BCUT2D eigenvalue weighted by Gasteiger charge is -2.04. The molecule has 0 atom stereocenters. The molecule has 0 aliphatic rings. The van der Waals surface area contributed by atoms with Crippen molar-refractivity contribution < 1.29 is 14.1 Å². The molecule has 1 N–H and O–H groups in total. The first-order valence-corrected chi connectivity index (χ1v) is 5.09. The average Bonchev–Trinajstić information content (AvgIpc) is 2.40. The van der Waals surface area contributed by atoms with E-state index in [0.29, 0.717) is 0 Å². The quantitative estimate of drug-likeness (QED) is 0.671. The summed E-state index contributed by atoms with van der Waals surface area (Å²) in [6, 6.07) is 2.71. The summed E-state index contributed by atoms with van der Waals surface area (Å²) in [6.07, 6.45) is 4.02. The van der Waals surface area contributed by atoms with Crippen molar-refractivity contribution in [1.29, 1.82) is 0 Å². The first-order valence-electron chi connectivity index (χ1n) is 5.09. The molecule has 8 heteroatoms. The Bertz CT molecular complexity index is 633. The first kappa shape index (κ1) is 12.6. The van der Waals surface area contributed by atoms with Gasteiger partial charge in [-0.3, -0.25) is 19.9 Å². The number of carbonyl (C=O) groups excluding carboxylic acids is 1. The highest BCUT2D eigenvalue weighted by atomic mass is 19.1. The maximum atomic E-state index is 13.5. The van der Waals surface area contributed by atoms with Crippen molar-refractivity contribution in [2.75, 3.05) is 5.32 Å². The number of aromatic nitrogens is 2. The lowest BCUT2D eigenvalue weighted by molar-refractivity contribution is -0.384. The molecule has 0 saturated carbocycles. The highest BCUT2D eigenvalue weighted by molar-refractivity contribution is 6.04. The minimum atomic E-state index is -0.855. The van der Waals surface area contributed by atoms with Crippen LogP contribution < -0.4 is 5.32 Å². The number of amides is 1. The molecule has 7 nitrogen and oxygen atoms in total. The van der Waals surface area contributed by atoms with Gasteiger partial charge >= 0.3 is 0 Å². The van der Waals surface area contributed by atoms with Crippen LogP contribution in [0.2, 0.25) is 0 Å². The molecule has 19 heavy (non-hydrogen) atoms. The predicted octanol–water partition coefficient (Wildman–Crippen LogP) is 1.78. The van der Waals surface area contributed by atoms with Gasteiger partial charge in [0.1, 0.15) is 5.82 Å². The van der Waals surface area contributed by atoms with Crippen LogP contribution in [0.1, 0.15) is 10.4 Å². The Balaban J connectivity index is 2.28. The summed E-state index contributed by atoms with van der Waals surface area (Å²) >= 11 is 0. The van der Waals surface area contributed by atoms with Gasteiger partial charge in [-0.05, 0) is 6.07 Å². The Labute approximate surface area is 106 Å². The number of halogens is 1. The van der Waals surface area contributed by atoms with E-state index in [1.54, 1.807) is 0 Å². The SMILES string of the molecule is O=C(Nc1cnccn1)c1cc([N+](=O)[O-])ccc1F. The summed E-state index contributed by atoms with van der Waals surface area (Å²) in [7, 11) is 0. The number of hydrogen-bond acceptors (Lipinski definition) is 5. The molecule has 0 spiro atoms. The number of nitro benzene ring substituents is 1. The second-order valence-electron chi connectivity index (χ2n) is 3.47. The monoisotopic (exact) mass is 262 g/mol. The summed E-state index contributed by atoms with van der Waals surface area (Å²) in [5.41, 5.74) is -0.800. The van der Waals surface area contributed by atoms with Gasteiger partial charge in [-0.15, -0.1) is 0 Å². The van der Waals surface area contributed by atoms with Crippen LogP contribution in [0.5, 0.6) is 0 Å². The molecule has 2 aromatic rings. The topological polar surface area (TPSA) is 98.0 Å². The summed E-state index contributed by atoms with van der Waals surface area (Å²) in [6.45, 7) is 0. The van der Waals surface area contributed by atoms with Crippen LogP contribution in [-0.2, 0) is 0 Å². The number of benzene rings is 1. The molecule has 1 heterocycles. The smallest absolute Gasteiger partial charge is 0.270 e. The van der Waals surface area contributed by atoms with Crippen molar-refractivity contribution in [3.05, 3.63) is 58.3 Å². The van der Waals surface area contributed by atoms with Gasteiger partial charge in [-0.2, -0.15) is 0 Å². The van der Waals surface area contributed by atoms with E-state index >= 15 is 0 Å². The molecule has 0 aliphatic carbocycles. The molecule has 0 bridgehead atoms. The van der Waals surface area contributed by atoms with E-state index in [-0.39, 0.29) is 11.5 Å². The Morgan fingerprint density at radius 1 is 1.37 bits per heavy atom. The van der Waals surface area contributed by atoms with E-state index in [2.05, 4.69) is 15.3 Å². The lowest BCUT2D eigenvalue weighted by atomic mass is 10.1. The van der Waals surface area contributed by atoms with Crippen molar-refractivity contribution in [2.45, 2.75) is 0 Å². The van der Waals surface area contributed by atoms with Gasteiger partial charge in [0.2, 0.25) is 0 Å². The second kappa shape index (κ2) is 5.17. The van der Waals surface area contributed by atoms with Gasteiger partial charge in [0.25, 0.3) is 11.6 Å². The molecular weight excluding hydrogens is 255 g/mol. The molecular formula is C11H7FN4O3. The van der Waals surface area contributed by atoms with Crippen molar-refractivity contribution in [3.8, 4) is 0 Å². The van der Waals surface area contributed by atoms with E-state index < -0.39 is 22.2 Å². The number of nitro groups is 1. The van der Waals surface area contributed by atoms with E-state index in [1.807, 2.05) is 0 Å². The van der Waals surface area contributed by atoms with Crippen molar-refractivity contribution in [3.63, 3.8) is 0 Å². The highest BCUT2D eigenvalue weighted by Crippen LogP contribution is 2.17. The molecule has 2 rings (SSSR count). The van der Waals surface area contributed by atoms with Crippen LogP contribution in [0.4, 0.5) is 15.9 Å². The molecule has 0 unspecified atom stereocenters. The predicted molar refractivity (Wildman–Crippen MR) is 63.0 cm³/mol. The van der Waals surface area contributed by atoms with Gasteiger partial charge < -0.3 is 5.32 Å². The van der Waals surface area contributed by atoms with Crippen LogP contribution in [-0.4, -0.2) is 20.8 Å². The van der Waals surface area contributed by atoms with Gasteiger partial charge in [-0.1, -0.05) is 0 Å². The Hall–Kier alpha value is -2.90. The minimum absolute atomic E-state index is 0.124. The van der Waals surface area contributed by atoms with Crippen LogP contribution >= 0.6 is 0 Å². The number of hydrogen-bond donors (Lipinski definition) is 1. The zero-order valence-corrected chi connectivity index (χ0v) is 9.41. The van der Waals surface area contributed by atoms with Crippen LogP contribution in [0.15, 0.2) is 36.8 Å². The summed E-state index contributed by atoms with van der Waals surface area (Å²) in [4.78, 5) is 29.1. The molecule has 0 radical (unpaired) electrons. The second-order valence-corrected chi connectivity index (χ2v) is 3.47. The molecule has 0 saturated heterocycles. The fourth-order valence-electron chi connectivity index (χ4n) is 1.35. The fraction of sp³-hybridized carbons (Fsp3) is 0. The van der Waals surface area contributed by atoms with Crippen LogP contribution in [0.3, 0.4) is 0 Å². The normalized spacial score (nSPS) is 9.95. The van der Waals surface area contributed by atoms with Crippen LogP contribution in [0, 0.1) is 15.9 Å². The van der Waals surface area contributed by atoms with Crippen molar-refractivity contribution >= 4 is 17.4 Å². The lowest BCUT2D eigenvalue weighted by Crippen LogP contribution is -2.15. The van der Waals surface area contributed by atoms with Gasteiger partial charge in [0.15, 0.2) is 5.82 Å². The minimum Gasteiger partial charge on any atom is -0.305 e. The molecule has 1 aromatic heterocycles. The van der Waals surface area contributed by atoms with Gasteiger partial charge in [0, 0.05) is 24.5 Å². The number of nitrogens with one attached hydrogen (secondary N) is 1. The van der Waals surface area contributed by atoms with E-state index in [9.17, 15) is 19.3 Å². The highest BCUT2D eigenvalue weighted by Gasteiger charge is 2.17. The van der Waals surface area contributed by atoms with Crippen molar-refractivity contribution in [2.24, 2.45) is 0 Å². The summed E-state index contributed by atoms with van der Waals surface area (Å²) in [5, 5.41) is 12.9. The standard InChI is InChI=1S/C11H7FN4O3/c12-9-2-1-7(16(18)19)5-8(9)11(17)15-10-6-13-3-4-14-10/h1-6H,(H,14,15,17). The Kier molecular flexibility index (Phi) is 3.42. The largest absolute Gasteiger partial charge is 0.305 e. The number of anilines is 1. The van der Waals surface area contributed by atoms with E-state index in [1.165, 1.54) is 18.6 Å². The Morgan fingerprint density at radius 2 is 2.16 bits per heavy atom. The summed E-state index contributed by atoms with van der Waals surface area (Å²) in [5.74, 6) is -1.56. The van der Waals surface area contributed by atoms with Gasteiger partial charge in [0.05, 0.1) is 16.7 Å². The first-order chi connectivity index (χ1) is 9.08. The molecule has 0 fully saturated rings. The molecule has 1 amide bonds. The number of carbonyl (C=O) groups is 1.